The number of sulfonamides is 1. The van der Waals surface area contributed by atoms with Crippen molar-refractivity contribution < 1.29 is 13.2 Å². The van der Waals surface area contributed by atoms with E-state index in [1.165, 1.54) is 16.4 Å². The molecule has 1 aliphatic heterocycles. The Morgan fingerprint density at radius 3 is 2.52 bits per heavy atom. The minimum absolute atomic E-state index is 0.145. The molecule has 0 bridgehead atoms. The SMILES string of the molecule is Cc1cccc(NC(=O)c2cc(S(=O)(=O)N3CCCC3)ccc2Br)c1. The third-order valence-electron chi connectivity index (χ3n) is 4.16. The summed E-state index contributed by atoms with van der Waals surface area (Å²) in [6, 6.07) is 12.0. The number of hydrogen-bond acceptors (Lipinski definition) is 3. The molecule has 1 N–H and O–H groups in total. The minimum Gasteiger partial charge on any atom is -0.322 e. The van der Waals surface area contributed by atoms with Gasteiger partial charge in [-0.1, -0.05) is 12.1 Å². The van der Waals surface area contributed by atoms with Crippen LogP contribution >= 0.6 is 15.9 Å². The van der Waals surface area contributed by atoms with Crippen molar-refractivity contribution in [3.8, 4) is 0 Å². The first kappa shape index (κ1) is 18.1. The van der Waals surface area contributed by atoms with Gasteiger partial charge < -0.3 is 5.32 Å². The smallest absolute Gasteiger partial charge is 0.256 e. The van der Waals surface area contributed by atoms with Crippen molar-refractivity contribution in [3.05, 3.63) is 58.1 Å². The lowest BCUT2D eigenvalue weighted by Crippen LogP contribution is -2.28. The summed E-state index contributed by atoms with van der Waals surface area (Å²) in [4.78, 5) is 12.7. The minimum atomic E-state index is -3.56. The Kier molecular flexibility index (Phi) is 5.27. The monoisotopic (exact) mass is 422 g/mol. The van der Waals surface area contributed by atoms with E-state index in [2.05, 4.69) is 21.2 Å². The fourth-order valence-electron chi connectivity index (χ4n) is 2.84. The Hall–Kier alpha value is -1.70. The Balaban J connectivity index is 1.90. The van der Waals surface area contributed by atoms with Crippen LogP contribution in [0.15, 0.2) is 51.8 Å². The number of amides is 1. The number of hydrogen-bond donors (Lipinski definition) is 1. The van der Waals surface area contributed by atoms with Crippen LogP contribution in [0, 0.1) is 6.92 Å². The van der Waals surface area contributed by atoms with E-state index in [0.29, 0.717) is 28.8 Å². The maximum Gasteiger partial charge on any atom is 0.256 e. The third-order valence-corrected chi connectivity index (χ3v) is 6.75. The van der Waals surface area contributed by atoms with Crippen LogP contribution < -0.4 is 5.32 Å². The molecular weight excluding hydrogens is 404 g/mol. The Morgan fingerprint density at radius 1 is 1.12 bits per heavy atom. The topological polar surface area (TPSA) is 66.5 Å². The second-order valence-electron chi connectivity index (χ2n) is 6.08. The van der Waals surface area contributed by atoms with Gasteiger partial charge in [0, 0.05) is 23.2 Å². The van der Waals surface area contributed by atoms with E-state index in [9.17, 15) is 13.2 Å². The molecule has 1 aliphatic rings. The van der Waals surface area contributed by atoms with E-state index in [1.54, 1.807) is 12.1 Å². The van der Waals surface area contributed by atoms with Crippen molar-refractivity contribution in [2.45, 2.75) is 24.7 Å². The first-order valence-electron chi connectivity index (χ1n) is 8.05. The van der Waals surface area contributed by atoms with Crippen LogP contribution in [0.1, 0.15) is 28.8 Å². The molecule has 0 aromatic heterocycles. The predicted octanol–water partition coefficient (Wildman–Crippen LogP) is 3.79. The molecule has 0 radical (unpaired) electrons. The number of anilines is 1. The average Bonchev–Trinajstić information content (AvgIpc) is 3.10. The summed E-state index contributed by atoms with van der Waals surface area (Å²) in [7, 11) is -3.56. The van der Waals surface area contributed by atoms with Crippen molar-refractivity contribution >= 4 is 37.5 Å². The lowest BCUT2D eigenvalue weighted by Gasteiger charge is -2.16. The van der Waals surface area contributed by atoms with Gasteiger partial charge in [-0.05, 0) is 71.6 Å². The lowest BCUT2D eigenvalue weighted by molar-refractivity contribution is 0.102. The van der Waals surface area contributed by atoms with Crippen molar-refractivity contribution in [3.63, 3.8) is 0 Å². The number of nitrogens with one attached hydrogen (secondary N) is 1. The third kappa shape index (κ3) is 3.94. The summed E-state index contributed by atoms with van der Waals surface area (Å²) in [5, 5.41) is 2.81. The molecule has 0 unspecified atom stereocenters. The first-order valence-corrected chi connectivity index (χ1v) is 10.3. The molecule has 132 valence electrons. The summed E-state index contributed by atoms with van der Waals surface area (Å²) >= 11 is 3.34. The van der Waals surface area contributed by atoms with Gasteiger partial charge in [0.2, 0.25) is 10.0 Å². The van der Waals surface area contributed by atoms with Gasteiger partial charge in [-0.2, -0.15) is 4.31 Å². The van der Waals surface area contributed by atoms with Crippen molar-refractivity contribution in [2.75, 3.05) is 18.4 Å². The van der Waals surface area contributed by atoms with Crippen LogP contribution in [-0.2, 0) is 10.0 Å². The molecule has 1 saturated heterocycles. The second kappa shape index (κ2) is 7.27. The molecular formula is C18H19BrN2O3S. The fourth-order valence-corrected chi connectivity index (χ4v) is 4.81. The van der Waals surface area contributed by atoms with E-state index in [4.69, 9.17) is 0 Å². The maximum atomic E-state index is 12.7. The summed E-state index contributed by atoms with van der Waals surface area (Å²) < 4.78 is 27.4. The van der Waals surface area contributed by atoms with E-state index >= 15 is 0 Å². The van der Waals surface area contributed by atoms with E-state index in [0.717, 1.165) is 18.4 Å². The van der Waals surface area contributed by atoms with Crippen LogP contribution in [-0.4, -0.2) is 31.7 Å². The fraction of sp³-hybridized carbons (Fsp3) is 0.278. The summed E-state index contributed by atoms with van der Waals surface area (Å²) in [6.07, 6.45) is 1.74. The molecule has 3 rings (SSSR count). The molecule has 1 fully saturated rings. The molecule has 1 amide bonds. The quantitative estimate of drug-likeness (QED) is 0.814. The van der Waals surface area contributed by atoms with Gasteiger partial charge in [0.1, 0.15) is 0 Å². The van der Waals surface area contributed by atoms with Crippen molar-refractivity contribution in [1.29, 1.82) is 0 Å². The molecule has 0 aliphatic carbocycles. The normalized spacial score (nSPS) is 15.3. The Bertz CT molecular complexity index is 906. The highest BCUT2D eigenvalue weighted by molar-refractivity contribution is 9.10. The zero-order valence-corrected chi connectivity index (χ0v) is 16.2. The average molecular weight is 423 g/mol. The number of aryl methyl sites for hydroxylation is 1. The summed E-state index contributed by atoms with van der Waals surface area (Å²) in [5.41, 5.74) is 1.99. The van der Waals surface area contributed by atoms with E-state index in [1.807, 2.05) is 25.1 Å². The second-order valence-corrected chi connectivity index (χ2v) is 8.87. The van der Waals surface area contributed by atoms with Crippen molar-refractivity contribution in [1.82, 2.24) is 4.31 Å². The van der Waals surface area contributed by atoms with Crippen LogP contribution in [0.2, 0.25) is 0 Å². The molecule has 1 heterocycles. The van der Waals surface area contributed by atoms with Gasteiger partial charge in [0.05, 0.1) is 10.5 Å². The molecule has 2 aromatic carbocycles. The van der Waals surface area contributed by atoms with Gasteiger partial charge in [0.25, 0.3) is 5.91 Å². The molecule has 7 heteroatoms. The highest BCUT2D eigenvalue weighted by Crippen LogP contribution is 2.26. The largest absolute Gasteiger partial charge is 0.322 e. The van der Waals surface area contributed by atoms with Crippen LogP contribution in [0.25, 0.3) is 0 Å². The van der Waals surface area contributed by atoms with Gasteiger partial charge >= 0.3 is 0 Å². The van der Waals surface area contributed by atoms with Gasteiger partial charge in [-0.25, -0.2) is 8.42 Å². The highest BCUT2D eigenvalue weighted by Gasteiger charge is 2.28. The van der Waals surface area contributed by atoms with Crippen LogP contribution in [0.5, 0.6) is 0 Å². The zero-order chi connectivity index (χ0) is 18.0. The van der Waals surface area contributed by atoms with E-state index in [-0.39, 0.29) is 10.8 Å². The number of halogens is 1. The summed E-state index contributed by atoms with van der Waals surface area (Å²) in [5.74, 6) is -0.351. The van der Waals surface area contributed by atoms with E-state index < -0.39 is 10.0 Å². The molecule has 2 aromatic rings. The number of carbonyl (C=O) groups is 1. The first-order chi connectivity index (χ1) is 11.9. The van der Waals surface area contributed by atoms with Gasteiger partial charge in [0.15, 0.2) is 0 Å². The number of rotatable bonds is 4. The zero-order valence-electron chi connectivity index (χ0n) is 13.8. The molecule has 0 spiro atoms. The highest BCUT2D eigenvalue weighted by atomic mass is 79.9. The Labute approximate surface area is 156 Å². The lowest BCUT2D eigenvalue weighted by atomic mass is 10.2. The molecule has 5 nitrogen and oxygen atoms in total. The van der Waals surface area contributed by atoms with Crippen LogP contribution in [0.4, 0.5) is 5.69 Å². The predicted molar refractivity (Wildman–Crippen MR) is 101 cm³/mol. The molecule has 0 saturated carbocycles. The Morgan fingerprint density at radius 2 is 1.84 bits per heavy atom. The summed E-state index contributed by atoms with van der Waals surface area (Å²) in [6.45, 7) is 3.00. The van der Waals surface area contributed by atoms with Crippen molar-refractivity contribution in [2.24, 2.45) is 0 Å². The van der Waals surface area contributed by atoms with Gasteiger partial charge in [-0.3, -0.25) is 4.79 Å². The standard InChI is InChI=1S/C18H19BrN2O3S/c1-13-5-4-6-14(11-13)20-18(22)16-12-15(7-8-17(16)19)25(23,24)21-9-2-3-10-21/h4-8,11-12H,2-3,9-10H2,1H3,(H,20,22). The molecule has 25 heavy (non-hydrogen) atoms. The number of benzene rings is 2. The number of nitrogens with zero attached hydrogens (tertiary/aromatic N) is 1. The molecule has 0 atom stereocenters. The van der Waals surface area contributed by atoms with Crippen LogP contribution in [0.3, 0.4) is 0 Å². The maximum absolute atomic E-state index is 12.7. The van der Waals surface area contributed by atoms with Gasteiger partial charge in [-0.15, -0.1) is 0 Å². The number of carbonyl (C=O) groups excluding carboxylic acids is 1.